The molecule has 94 valence electrons. The highest BCUT2D eigenvalue weighted by atomic mass is 16.5. The summed E-state index contributed by atoms with van der Waals surface area (Å²) >= 11 is 0. The van der Waals surface area contributed by atoms with Crippen LogP contribution in [0.25, 0.3) is 0 Å². The number of methoxy groups -OCH3 is 1. The van der Waals surface area contributed by atoms with E-state index in [4.69, 9.17) is 14.9 Å². The first-order valence-electron chi connectivity index (χ1n) is 5.30. The van der Waals surface area contributed by atoms with Gasteiger partial charge in [0.1, 0.15) is 5.75 Å². The molecule has 1 aromatic rings. The van der Waals surface area contributed by atoms with Crippen LogP contribution in [-0.2, 0) is 0 Å². The standard InChI is InChI=1S/C12H17NO4/c1-8-3-4-11(17-2)10(5-8)12(16)13-6-9(15)7-14/h3-5,9,14-15H,6-7H2,1-2H3,(H,13,16). The molecule has 17 heavy (non-hydrogen) atoms. The van der Waals surface area contributed by atoms with E-state index in [0.29, 0.717) is 11.3 Å². The first kappa shape index (κ1) is 13.5. The highest BCUT2D eigenvalue weighted by molar-refractivity contribution is 5.97. The van der Waals surface area contributed by atoms with Gasteiger partial charge in [-0.2, -0.15) is 0 Å². The largest absolute Gasteiger partial charge is 0.496 e. The number of amides is 1. The van der Waals surface area contributed by atoms with E-state index in [-0.39, 0.29) is 19.1 Å². The van der Waals surface area contributed by atoms with Crippen LogP contribution in [-0.4, -0.2) is 42.5 Å². The lowest BCUT2D eigenvalue weighted by Gasteiger charge is -2.12. The summed E-state index contributed by atoms with van der Waals surface area (Å²) in [7, 11) is 1.49. The Bertz CT molecular complexity index is 392. The minimum Gasteiger partial charge on any atom is -0.496 e. The molecule has 0 radical (unpaired) electrons. The Morgan fingerprint density at radius 1 is 1.53 bits per heavy atom. The quantitative estimate of drug-likeness (QED) is 0.680. The Hall–Kier alpha value is -1.59. The molecule has 3 N–H and O–H groups in total. The molecule has 0 fully saturated rings. The summed E-state index contributed by atoms with van der Waals surface area (Å²) in [4.78, 5) is 11.8. The molecule has 5 nitrogen and oxygen atoms in total. The molecular formula is C12H17NO4. The van der Waals surface area contributed by atoms with Gasteiger partial charge in [-0.25, -0.2) is 0 Å². The van der Waals surface area contributed by atoms with E-state index in [9.17, 15) is 4.79 Å². The molecule has 1 rings (SSSR count). The van der Waals surface area contributed by atoms with Crippen molar-refractivity contribution in [3.8, 4) is 5.75 Å². The van der Waals surface area contributed by atoms with E-state index in [2.05, 4.69) is 5.32 Å². The van der Waals surface area contributed by atoms with E-state index in [1.165, 1.54) is 7.11 Å². The number of benzene rings is 1. The Morgan fingerprint density at radius 2 is 2.24 bits per heavy atom. The zero-order valence-corrected chi connectivity index (χ0v) is 9.93. The number of hydrogen-bond donors (Lipinski definition) is 3. The van der Waals surface area contributed by atoms with Crippen molar-refractivity contribution in [3.63, 3.8) is 0 Å². The highest BCUT2D eigenvalue weighted by Gasteiger charge is 2.13. The number of nitrogens with one attached hydrogen (secondary N) is 1. The molecule has 0 spiro atoms. The van der Waals surface area contributed by atoms with Gasteiger partial charge in [0.2, 0.25) is 0 Å². The fourth-order valence-electron chi connectivity index (χ4n) is 1.37. The molecule has 5 heteroatoms. The molecule has 1 atom stereocenters. The molecule has 1 amide bonds. The average molecular weight is 239 g/mol. The van der Waals surface area contributed by atoms with E-state index in [0.717, 1.165) is 5.56 Å². The van der Waals surface area contributed by atoms with Crippen LogP contribution in [0.3, 0.4) is 0 Å². The summed E-state index contributed by atoms with van der Waals surface area (Å²) in [5.74, 6) is 0.143. The zero-order valence-electron chi connectivity index (χ0n) is 9.93. The van der Waals surface area contributed by atoms with Crippen LogP contribution >= 0.6 is 0 Å². The molecule has 0 saturated carbocycles. The molecular weight excluding hydrogens is 222 g/mol. The summed E-state index contributed by atoms with van der Waals surface area (Å²) < 4.78 is 5.08. The molecule has 0 saturated heterocycles. The number of aliphatic hydroxyl groups excluding tert-OH is 2. The van der Waals surface area contributed by atoms with E-state index in [1.807, 2.05) is 13.0 Å². The third kappa shape index (κ3) is 3.72. The predicted molar refractivity (Wildman–Crippen MR) is 63.2 cm³/mol. The summed E-state index contributed by atoms with van der Waals surface area (Å²) in [5, 5.41) is 20.3. The van der Waals surface area contributed by atoms with Crippen LogP contribution in [0.5, 0.6) is 5.75 Å². The normalized spacial score (nSPS) is 12.0. The van der Waals surface area contributed by atoms with Crippen molar-refractivity contribution < 1.29 is 19.7 Å². The number of carbonyl (C=O) groups excluding carboxylic acids is 1. The van der Waals surface area contributed by atoms with Gasteiger partial charge in [-0.1, -0.05) is 11.6 Å². The summed E-state index contributed by atoms with van der Waals surface area (Å²) in [6.45, 7) is 1.50. The summed E-state index contributed by atoms with van der Waals surface area (Å²) in [5.41, 5.74) is 1.36. The molecule has 1 aromatic carbocycles. The number of ether oxygens (including phenoxy) is 1. The van der Waals surface area contributed by atoms with Gasteiger partial charge in [-0.3, -0.25) is 4.79 Å². The number of aryl methyl sites for hydroxylation is 1. The lowest BCUT2D eigenvalue weighted by Crippen LogP contribution is -2.34. The Labute approximate surface area is 100 Å². The van der Waals surface area contributed by atoms with Crippen LogP contribution in [0, 0.1) is 6.92 Å². The van der Waals surface area contributed by atoms with Gasteiger partial charge in [-0.05, 0) is 19.1 Å². The summed E-state index contributed by atoms with van der Waals surface area (Å²) in [6, 6.07) is 5.27. The first-order valence-corrected chi connectivity index (χ1v) is 5.30. The number of rotatable bonds is 5. The smallest absolute Gasteiger partial charge is 0.255 e. The molecule has 0 aliphatic rings. The van der Waals surface area contributed by atoms with E-state index in [1.54, 1.807) is 12.1 Å². The van der Waals surface area contributed by atoms with Gasteiger partial charge in [0.25, 0.3) is 5.91 Å². The van der Waals surface area contributed by atoms with Gasteiger partial charge >= 0.3 is 0 Å². The van der Waals surface area contributed by atoms with E-state index >= 15 is 0 Å². The van der Waals surface area contributed by atoms with Crippen LogP contribution in [0.2, 0.25) is 0 Å². The fraction of sp³-hybridized carbons (Fsp3) is 0.417. The zero-order chi connectivity index (χ0) is 12.8. The maximum Gasteiger partial charge on any atom is 0.255 e. The molecule has 0 bridgehead atoms. The van der Waals surface area contributed by atoms with Crippen molar-refractivity contribution in [2.45, 2.75) is 13.0 Å². The second-order valence-corrected chi connectivity index (χ2v) is 3.75. The minimum atomic E-state index is -0.949. The second-order valence-electron chi connectivity index (χ2n) is 3.75. The molecule has 1 unspecified atom stereocenters. The topological polar surface area (TPSA) is 78.8 Å². The second kappa shape index (κ2) is 6.22. The van der Waals surface area contributed by atoms with Gasteiger partial charge < -0.3 is 20.3 Å². The third-order valence-corrected chi connectivity index (χ3v) is 2.31. The molecule has 0 heterocycles. The van der Waals surface area contributed by atoms with Gasteiger partial charge in [0.15, 0.2) is 0 Å². The van der Waals surface area contributed by atoms with Crippen LogP contribution in [0.4, 0.5) is 0 Å². The lowest BCUT2D eigenvalue weighted by atomic mass is 10.1. The molecule has 0 aromatic heterocycles. The van der Waals surface area contributed by atoms with Crippen LogP contribution in [0.15, 0.2) is 18.2 Å². The van der Waals surface area contributed by atoms with Gasteiger partial charge in [0.05, 0.1) is 25.4 Å². The SMILES string of the molecule is COc1ccc(C)cc1C(=O)NCC(O)CO. The maximum atomic E-state index is 11.8. The van der Waals surface area contributed by atoms with Gasteiger partial charge in [-0.15, -0.1) is 0 Å². The van der Waals surface area contributed by atoms with Gasteiger partial charge in [0, 0.05) is 6.54 Å². The van der Waals surface area contributed by atoms with Crippen molar-refractivity contribution >= 4 is 5.91 Å². The highest BCUT2D eigenvalue weighted by Crippen LogP contribution is 2.19. The monoisotopic (exact) mass is 239 g/mol. The molecule has 0 aliphatic heterocycles. The number of hydrogen-bond acceptors (Lipinski definition) is 4. The Balaban J connectivity index is 2.77. The lowest BCUT2D eigenvalue weighted by molar-refractivity contribution is 0.0800. The third-order valence-electron chi connectivity index (χ3n) is 2.31. The number of carbonyl (C=O) groups is 1. The number of aliphatic hydroxyl groups is 2. The summed E-state index contributed by atoms with van der Waals surface area (Å²) in [6.07, 6.45) is -0.949. The average Bonchev–Trinajstić information content (AvgIpc) is 2.35. The maximum absolute atomic E-state index is 11.8. The fourth-order valence-corrected chi connectivity index (χ4v) is 1.37. The van der Waals surface area contributed by atoms with Crippen molar-refractivity contribution in [3.05, 3.63) is 29.3 Å². The van der Waals surface area contributed by atoms with Crippen molar-refractivity contribution in [2.24, 2.45) is 0 Å². The Morgan fingerprint density at radius 3 is 2.82 bits per heavy atom. The molecule has 0 aliphatic carbocycles. The Kier molecular flexibility index (Phi) is 4.93. The van der Waals surface area contributed by atoms with Crippen molar-refractivity contribution in [1.82, 2.24) is 5.32 Å². The minimum absolute atomic E-state index is 0.00638. The van der Waals surface area contributed by atoms with Crippen LogP contribution in [0.1, 0.15) is 15.9 Å². The predicted octanol–water partition coefficient (Wildman–Crippen LogP) is 0.0866. The first-order chi connectivity index (χ1) is 8.08. The van der Waals surface area contributed by atoms with E-state index < -0.39 is 6.10 Å². The van der Waals surface area contributed by atoms with Crippen LogP contribution < -0.4 is 10.1 Å². The van der Waals surface area contributed by atoms with Crippen molar-refractivity contribution in [1.29, 1.82) is 0 Å². The van der Waals surface area contributed by atoms with Crippen molar-refractivity contribution in [2.75, 3.05) is 20.3 Å².